The van der Waals surface area contributed by atoms with Crippen molar-refractivity contribution in [3.8, 4) is 0 Å². The van der Waals surface area contributed by atoms with Crippen LogP contribution in [0.3, 0.4) is 0 Å². The number of H-pyrrole nitrogens is 1. The number of rotatable bonds is 4. The molecule has 1 aromatic heterocycles. The van der Waals surface area contributed by atoms with Gasteiger partial charge in [-0.1, -0.05) is 12.7 Å². The van der Waals surface area contributed by atoms with Crippen LogP contribution in [0.1, 0.15) is 11.3 Å². The van der Waals surface area contributed by atoms with Gasteiger partial charge in [-0.15, -0.1) is 0 Å². The molecule has 1 rings (SSSR count). The average molecular weight is 191 g/mol. The molecule has 0 unspecified atom stereocenters. The van der Waals surface area contributed by atoms with Gasteiger partial charge in [-0.3, -0.25) is 10.1 Å². The highest BCUT2D eigenvalue weighted by atomic mass is 16.3. The van der Waals surface area contributed by atoms with Crippen molar-refractivity contribution in [3.05, 3.63) is 35.8 Å². The molecule has 0 fully saturated rings. The van der Waals surface area contributed by atoms with E-state index in [4.69, 9.17) is 5.11 Å². The Bertz CT molecular complexity index is 376. The third-order valence-electron chi connectivity index (χ3n) is 1.95. The van der Waals surface area contributed by atoms with Gasteiger partial charge >= 0.3 is 0 Å². The quantitative estimate of drug-likeness (QED) is 0.556. The third kappa shape index (κ3) is 1.80. The number of aliphatic imine (C=N–C) groups is 1. The van der Waals surface area contributed by atoms with Crippen LogP contribution in [0.5, 0.6) is 0 Å². The van der Waals surface area contributed by atoms with E-state index < -0.39 is 0 Å². The van der Waals surface area contributed by atoms with Crippen LogP contribution in [0.15, 0.2) is 29.5 Å². The first-order valence-corrected chi connectivity index (χ1v) is 4.18. The number of aromatic amines is 1. The second kappa shape index (κ2) is 4.53. The van der Waals surface area contributed by atoms with E-state index in [1.54, 1.807) is 12.3 Å². The first kappa shape index (κ1) is 10.4. The molecule has 0 saturated heterocycles. The topological polar surface area (TPSA) is 61.3 Å². The van der Waals surface area contributed by atoms with Gasteiger partial charge in [0.25, 0.3) is 0 Å². The third-order valence-corrected chi connectivity index (χ3v) is 1.95. The molecule has 1 aromatic rings. The highest BCUT2D eigenvalue weighted by Gasteiger charge is 2.08. The van der Waals surface area contributed by atoms with Crippen molar-refractivity contribution >= 4 is 12.3 Å². The smallest absolute Gasteiger partial charge is 0.0859 e. The molecular weight excluding hydrogens is 178 g/mol. The minimum Gasteiger partial charge on any atom is -0.390 e. The van der Waals surface area contributed by atoms with Crippen LogP contribution in [0.4, 0.5) is 0 Å². The Labute approximate surface area is 82.7 Å². The summed E-state index contributed by atoms with van der Waals surface area (Å²) >= 11 is 0. The molecule has 0 bridgehead atoms. The Kier molecular flexibility index (Phi) is 3.36. The Morgan fingerprint density at radius 3 is 2.86 bits per heavy atom. The number of aliphatic hydroxyl groups excluding tert-OH is 1. The van der Waals surface area contributed by atoms with Crippen molar-refractivity contribution in [2.75, 3.05) is 6.61 Å². The maximum absolute atomic E-state index is 9.04. The second-order valence-electron chi connectivity index (χ2n) is 2.81. The molecule has 0 aliphatic rings. The number of aryl methyl sites for hydroxylation is 1. The fraction of sp³-hybridized carbons (Fsp3) is 0.200. The van der Waals surface area contributed by atoms with Gasteiger partial charge in [-0.25, -0.2) is 0 Å². The summed E-state index contributed by atoms with van der Waals surface area (Å²) in [6, 6.07) is 0. The minimum absolute atomic E-state index is 0.163. The fourth-order valence-electron chi connectivity index (χ4n) is 1.20. The summed E-state index contributed by atoms with van der Waals surface area (Å²) in [6.07, 6.45) is 3.33. The van der Waals surface area contributed by atoms with Crippen LogP contribution in [0.2, 0.25) is 0 Å². The zero-order valence-corrected chi connectivity index (χ0v) is 8.12. The number of hydrogen-bond donors (Lipinski definition) is 2. The Morgan fingerprint density at radius 2 is 2.50 bits per heavy atom. The zero-order chi connectivity index (χ0) is 10.6. The molecule has 0 aromatic carbocycles. The number of allylic oxidation sites excluding steroid dienone is 2. The van der Waals surface area contributed by atoms with Crippen LogP contribution in [0.25, 0.3) is 5.57 Å². The molecule has 0 amide bonds. The lowest BCUT2D eigenvalue weighted by Gasteiger charge is -2.04. The summed E-state index contributed by atoms with van der Waals surface area (Å²) < 4.78 is 0. The molecule has 4 nitrogen and oxygen atoms in total. The first-order chi connectivity index (χ1) is 6.74. The van der Waals surface area contributed by atoms with E-state index in [0.717, 1.165) is 16.8 Å². The molecular formula is C10H13N3O. The monoisotopic (exact) mass is 191 g/mol. The van der Waals surface area contributed by atoms with Crippen LogP contribution in [-0.2, 0) is 0 Å². The van der Waals surface area contributed by atoms with E-state index in [0.29, 0.717) is 5.70 Å². The van der Waals surface area contributed by atoms with Crippen molar-refractivity contribution in [2.24, 2.45) is 4.99 Å². The van der Waals surface area contributed by atoms with Gasteiger partial charge in [-0.2, -0.15) is 5.10 Å². The van der Waals surface area contributed by atoms with Crippen LogP contribution in [0, 0.1) is 6.92 Å². The van der Waals surface area contributed by atoms with Gasteiger partial charge in [0.1, 0.15) is 0 Å². The van der Waals surface area contributed by atoms with Crippen molar-refractivity contribution in [1.82, 2.24) is 10.2 Å². The van der Waals surface area contributed by atoms with Crippen molar-refractivity contribution in [3.63, 3.8) is 0 Å². The predicted molar refractivity (Wildman–Crippen MR) is 57.1 cm³/mol. The molecule has 14 heavy (non-hydrogen) atoms. The van der Waals surface area contributed by atoms with Gasteiger partial charge in [0.2, 0.25) is 0 Å². The largest absolute Gasteiger partial charge is 0.390 e. The van der Waals surface area contributed by atoms with Crippen molar-refractivity contribution in [1.29, 1.82) is 0 Å². The second-order valence-corrected chi connectivity index (χ2v) is 2.81. The zero-order valence-electron chi connectivity index (χ0n) is 8.12. The first-order valence-electron chi connectivity index (χ1n) is 4.18. The number of aromatic nitrogens is 2. The normalized spacial score (nSPS) is 12.1. The summed E-state index contributed by atoms with van der Waals surface area (Å²) in [7, 11) is 0. The van der Waals surface area contributed by atoms with E-state index in [1.165, 1.54) is 0 Å². The molecule has 4 heteroatoms. The lowest BCUT2D eigenvalue weighted by molar-refractivity contribution is 0.331. The standard InChI is InChI=1S/C10H13N3O/c1-4-8(9(6-14)11-3)10-7(2)5-12-13-10/h4-5,14H,1,3,6H2,2H3,(H,12,13)/b9-8-. The highest BCUT2D eigenvalue weighted by Crippen LogP contribution is 2.20. The SMILES string of the molecule is C=C/C(=C(\CO)N=C)c1[nH]ncc1C. The molecule has 74 valence electrons. The summed E-state index contributed by atoms with van der Waals surface area (Å²) in [5.74, 6) is 0. The minimum atomic E-state index is -0.163. The molecule has 0 saturated carbocycles. The maximum Gasteiger partial charge on any atom is 0.0859 e. The summed E-state index contributed by atoms with van der Waals surface area (Å²) in [6.45, 7) is 8.81. The van der Waals surface area contributed by atoms with Gasteiger partial charge in [0, 0.05) is 5.57 Å². The van der Waals surface area contributed by atoms with E-state index >= 15 is 0 Å². The molecule has 0 atom stereocenters. The molecule has 0 aliphatic carbocycles. The van der Waals surface area contributed by atoms with E-state index in [9.17, 15) is 0 Å². The van der Waals surface area contributed by atoms with Crippen LogP contribution < -0.4 is 0 Å². The summed E-state index contributed by atoms with van der Waals surface area (Å²) in [5, 5.41) is 15.8. The fourth-order valence-corrected chi connectivity index (χ4v) is 1.20. The van der Waals surface area contributed by atoms with Crippen molar-refractivity contribution in [2.45, 2.75) is 6.92 Å². The number of hydrogen-bond acceptors (Lipinski definition) is 3. The van der Waals surface area contributed by atoms with Crippen LogP contribution in [-0.4, -0.2) is 28.6 Å². The lowest BCUT2D eigenvalue weighted by atomic mass is 10.1. The van der Waals surface area contributed by atoms with E-state index in [1.807, 2.05) is 6.92 Å². The molecule has 0 aliphatic heterocycles. The number of aliphatic hydroxyl groups is 1. The lowest BCUT2D eigenvalue weighted by Crippen LogP contribution is -1.94. The van der Waals surface area contributed by atoms with Gasteiger partial charge < -0.3 is 5.11 Å². The number of nitrogens with zero attached hydrogens (tertiary/aromatic N) is 2. The van der Waals surface area contributed by atoms with Crippen molar-refractivity contribution < 1.29 is 5.11 Å². The molecule has 0 spiro atoms. The Morgan fingerprint density at radius 1 is 1.79 bits per heavy atom. The van der Waals surface area contributed by atoms with Crippen LogP contribution >= 0.6 is 0 Å². The predicted octanol–water partition coefficient (Wildman–Crippen LogP) is 1.31. The van der Waals surface area contributed by atoms with Gasteiger partial charge in [0.05, 0.1) is 24.2 Å². The summed E-state index contributed by atoms with van der Waals surface area (Å²) in [5.41, 5.74) is 3.02. The van der Waals surface area contributed by atoms with Gasteiger partial charge in [-0.05, 0) is 19.2 Å². The maximum atomic E-state index is 9.04. The van der Waals surface area contributed by atoms with Gasteiger partial charge in [0.15, 0.2) is 0 Å². The molecule has 1 heterocycles. The average Bonchev–Trinajstić information content (AvgIpc) is 2.61. The van der Waals surface area contributed by atoms with E-state index in [2.05, 4.69) is 28.5 Å². The molecule has 2 N–H and O–H groups in total. The Hall–Kier alpha value is -1.68. The highest BCUT2D eigenvalue weighted by molar-refractivity contribution is 5.76. The summed E-state index contributed by atoms with van der Waals surface area (Å²) in [4.78, 5) is 3.74. The number of nitrogens with one attached hydrogen (secondary N) is 1. The molecule has 0 radical (unpaired) electrons. The Balaban J connectivity index is 3.28. The van der Waals surface area contributed by atoms with E-state index in [-0.39, 0.29) is 6.61 Å².